The average Bonchev–Trinajstić information content (AvgIpc) is 3.09. The fraction of sp³-hybridized carbons (Fsp3) is 0.471. The number of hydrogen-bond acceptors (Lipinski definition) is 4. The van der Waals surface area contributed by atoms with Crippen LogP contribution in [0.25, 0.3) is 21.6 Å². The number of anilines is 1. The summed E-state index contributed by atoms with van der Waals surface area (Å²) in [6, 6.07) is 2.16. The highest BCUT2D eigenvalue weighted by atomic mass is 32.1. The van der Waals surface area contributed by atoms with Crippen LogP contribution in [-0.4, -0.2) is 28.0 Å². The molecule has 0 aromatic carbocycles. The van der Waals surface area contributed by atoms with E-state index in [9.17, 15) is 0 Å². The second kappa shape index (κ2) is 5.60. The maximum absolute atomic E-state index is 4.68. The summed E-state index contributed by atoms with van der Waals surface area (Å²) in [5, 5.41) is 1.10. The van der Waals surface area contributed by atoms with Crippen molar-refractivity contribution in [2.45, 2.75) is 40.0 Å². The maximum Gasteiger partial charge on any atom is 0.249 e. The van der Waals surface area contributed by atoms with Gasteiger partial charge in [-0.15, -0.1) is 16.3 Å². The minimum atomic E-state index is 0.959. The summed E-state index contributed by atoms with van der Waals surface area (Å²) in [6.07, 6.45) is 3.86. The summed E-state index contributed by atoms with van der Waals surface area (Å²) in [6.45, 7) is 8.38. The van der Waals surface area contributed by atoms with Crippen LogP contribution in [0.3, 0.4) is 0 Å². The first kappa shape index (κ1) is 14.6. The second-order valence-electron chi connectivity index (χ2n) is 6.31. The zero-order valence-corrected chi connectivity index (χ0v) is 14.7. The smallest absolute Gasteiger partial charge is 0.249 e. The number of hydrogen-bond donors (Lipinski definition) is 1. The molecule has 120 valence electrons. The van der Waals surface area contributed by atoms with E-state index < -0.39 is 0 Å². The highest BCUT2D eigenvalue weighted by Crippen LogP contribution is 2.33. The first-order valence-electron chi connectivity index (χ1n) is 8.24. The van der Waals surface area contributed by atoms with Crippen molar-refractivity contribution in [2.75, 3.05) is 18.0 Å². The summed E-state index contributed by atoms with van der Waals surface area (Å²) in [5.74, 6) is 2.14. The zero-order valence-electron chi connectivity index (χ0n) is 13.9. The Hall–Kier alpha value is -1.95. The molecule has 1 fully saturated rings. The monoisotopic (exact) mass is 328 g/mol. The van der Waals surface area contributed by atoms with Crippen LogP contribution in [0.2, 0.25) is 0 Å². The fourth-order valence-corrected chi connectivity index (χ4v) is 4.30. The van der Waals surface area contributed by atoms with Crippen molar-refractivity contribution in [3.8, 4) is 10.6 Å². The molecular formula is C17H22N5S+. The molecular weight excluding hydrogens is 306 g/mol. The van der Waals surface area contributed by atoms with Crippen molar-refractivity contribution in [2.24, 2.45) is 0 Å². The third-order valence-corrected chi connectivity index (χ3v) is 5.55. The van der Waals surface area contributed by atoms with Crippen molar-refractivity contribution in [1.82, 2.24) is 15.0 Å². The van der Waals surface area contributed by atoms with Gasteiger partial charge in [-0.1, -0.05) is 0 Å². The van der Waals surface area contributed by atoms with Crippen molar-refractivity contribution in [3.05, 3.63) is 22.6 Å². The molecule has 6 heteroatoms. The van der Waals surface area contributed by atoms with Gasteiger partial charge in [-0.25, -0.2) is 9.97 Å². The number of H-pyrrole nitrogens is 2. The molecule has 4 rings (SSSR count). The maximum atomic E-state index is 4.68. The minimum absolute atomic E-state index is 0.959. The highest BCUT2D eigenvalue weighted by Gasteiger charge is 2.24. The third kappa shape index (κ3) is 2.61. The molecule has 0 saturated carbocycles. The summed E-state index contributed by atoms with van der Waals surface area (Å²) in [5.41, 5.74) is 4.34. The van der Waals surface area contributed by atoms with Gasteiger partial charge in [0.1, 0.15) is 0 Å². The first-order valence-corrected chi connectivity index (χ1v) is 9.05. The van der Waals surface area contributed by atoms with Gasteiger partial charge in [0.05, 0.1) is 34.4 Å². The number of piperidine rings is 1. The van der Waals surface area contributed by atoms with E-state index in [1.54, 1.807) is 11.3 Å². The molecule has 0 bridgehead atoms. The molecule has 3 aromatic rings. The van der Waals surface area contributed by atoms with E-state index in [4.69, 9.17) is 0 Å². The number of aromatic amines is 2. The fourth-order valence-electron chi connectivity index (χ4n) is 3.41. The van der Waals surface area contributed by atoms with Crippen LogP contribution in [0.15, 0.2) is 6.07 Å². The Morgan fingerprint density at radius 3 is 2.61 bits per heavy atom. The molecule has 1 aliphatic heterocycles. The van der Waals surface area contributed by atoms with Gasteiger partial charge in [0.15, 0.2) is 11.0 Å². The number of rotatable bonds is 2. The van der Waals surface area contributed by atoms with E-state index in [1.165, 1.54) is 30.0 Å². The van der Waals surface area contributed by atoms with Crippen LogP contribution in [0.1, 0.15) is 35.8 Å². The molecule has 23 heavy (non-hydrogen) atoms. The van der Waals surface area contributed by atoms with Crippen LogP contribution in [0, 0.1) is 20.8 Å². The molecule has 0 aliphatic carbocycles. The highest BCUT2D eigenvalue weighted by molar-refractivity contribution is 7.15. The third-order valence-electron chi connectivity index (χ3n) is 4.44. The van der Waals surface area contributed by atoms with Crippen molar-refractivity contribution in [1.29, 1.82) is 0 Å². The van der Waals surface area contributed by atoms with Gasteiger partial charge in [-0.05, 0) is 33.1 Å². The van der Waals surface area contributed by atoms with Gasteiger partial charge in [-0.3, -0.25) is 4.90 Å². The van der Waals surface area contributed by atoms with Crippen LogP contribution in [-0.2, 0) is 0 Å². The molecule has 0 unspecified atom stereocenters. The van der Waals surface area contributed by atoms with Gasteiger partial charge < -0.3 is 4.98 Å². The van der Waals surface area contributed by atoms with E-state index in [1.807, 2.05) is 6.92 Å². The molecule has 2 N–H and O–H groups in total. The molecule has 0 spiro atoms. The Labute approximate surface area is 139 Å². The Balaban J connectivity index is 1.86. The lowest BCUT2D eigenvalue weighted by atomic mass is 10.1. The van der Waals surface area contributed by atoms with E-state index >= 15 is 0 Å². The molecule has 0 atom stereocenters. The molecule has 0 radical (unpaired) electrons. The van der Waals surface area contributed by atoms with Crippen molar-refractivity contribution < 1.29 is 4.98 Å². The quantitative estimate of drug-likeness (QED) is 0.784. The summed E-state index contributed by atoms with van der Waals surface area (Å²) < 4.78 is 0. The largest absolute Gasteiger partial charge is 0.346 e. The number of aryl methyl sites for hydroxylation is 3. The van der Waals surface area contributed by atoms with Gasteiger partial charge in [0.25, 0.3) is 0 Å². The summed E-state index contributed by atoms with van der Waals surface area (Å²) >= 11 is 1.73. The number of nitrogens with one attached hydrogen (secondary N) is 2. The topological polar surface area (TPSA) is 59.0 Å². The lowest BCUT2D eigenvalue weighted by Crippen LogP contribution is -2.35. The SMILES string of the molecule is Cc1nc2cc(-c3sc(C)nc3C)[nH]c2c(N2CCCCC2)[nH+]1. The minimum Gasteiger partial charge on any atom is -0.346 e. The average molecular weight is 328 g/mol. The summed E-state index contributed by atoms with van der Waals surface area (Å²) in [7, 11) is 0. The normalized spacial score (nSPS) is 15.5. The predicted molar refractivity (Wildman–Crippen MR) is 94.0 cm³/mol. The first-order chi connectivity index (χ1) is 11.1. The standard InChI is InChI=1S/C17H21N5S/c1-10-16(23-12(3)18-10)14-9-13-15(21-14)17(20-11(2)19-13)22-7-5-4-6-8-22/h9,21H,4-8H2,1-3H3/p+1. The van der Waals surface area contributed by atoms with Crippen LogP contribution in [0.5, 0.6) is 0 Å². The number of aromatic nitrogens is 4. The van der Waals surface area contributed by atoms with Crippen molar-refractivity contribution in [3.63, 3.8) is 0 Å². The molecule has 1 aliphatic rings. The number of nitrogens with zero attached hydrogens (tertiary/aromatic N) is 3. The van der Waals surface area contributed by atoms with Gasteiger partial charge in [0.2, 0.25) is 11.6 Å². The van der Waals surface area contributed by atoms with Gasteiger partial charge in [0, 0.05) is 13.0 Å². The Kier molecular flexibility index (Phi) is 3.56. The zero-order chi connectivity index (χ0) is 16.0. The molecule has 0 amide bonds. The van der Waals surface area contributed by atoms with E-state index in [0.29, 0.717) is 0 Å². The van der Waals surface area contributed by atoms with Gasteiger partial charge in [-0.2, -0.15) is 0 Å². The number of fused-ring (bicyclic) bond motifs is 1. The molecule has 4 heterocycles. The second-order valence-corrected chi connectivity index (χ2v) is 7.51. The lowest BCUT2D eigenvalue weighted by molar-refractivity contribution is -0.377. The van der Waals surface area contributed by atoms with Crippen molar-refractivity contribution >= 4 is 28.2 Å². The Bertz CT molecular complexity index is 857. The molecule has 3 aromatic heterocycles. The Morgan fingerprint density at radius 1 is 1.13 bits per heavy atom. The van der Waals surface area contributed by atoms with Crippen LogP contribution in [0.4, 0.5) is 5.82 Å². The van der Waals surface area contributed by atoms with Crippen LogP contribution < -0.4 is 9.88 Å². The van der Waals surface area contributed by atoms with E-state index in [0.717, 1.165) is 46.3 Å². The molecule has 5 nitrogen and oxygen atoms in total. The van der Waals surface area contributed by atoms with Crippen LogP contribution >= 0.6 is 11.3 Å². The van der Waals surface area contributed by atoms with E-state index in [2.05, 4.69) is 44.7 Å². The Morgan fingerprint density at radius 2 is 1.91 bits per heavy atom. The summed E-state index contributed by atoms with van der Waals surface area (Å²) in [4.78, 5) is 20.0. The van der Waals surface area contributed by atoms with E-state index in [-0.39, 0.29) is 0 Å². The lowest BCUT2D eigenvalue weighted by Gasteiger charge is -2.23. The molecule has 1 saturated heterocycles. The van der Waals surface area contributed by atoms with Gasteiger partial charge >= 0.3 is 0 Å². The predicted octanol–water partition coefficient (Wildman–Crippen LogP) is 3.42. The number of thiazole rings is 1.